The van der Waals surface area contributed by atoms with Gasteiger partial charge in [0, 0.05) is 0 Å². The van der Waals surface area contributed by atoms with Gasteiger partial charge in [-0.2, -0.15) is 0 Å². The number of rotatable bonds is 2. The third kappa shape index (κ3) is 2.73. The number of carboxylic acid groups (broad SMARTS) is 1. The van der Waals surface area contributed by atoms with Crippen molar-refractivity contribution in [3.8, 4) is 16.9 Å². The normalized spacial score (nSPS) is 9.56. The number of aromatic carboxylic acids is 1. The van der Waals surface area contributed by atoms with Gasteiger partial charge in [0.25, 0.3) is 0 Å². The maximum Gasteiger partial charge on any atom is 0.335 e. The molecule has 0 fully saturated rings. The van der Waals surface area contributed by atoms with Crippen LogP contribution in [0.15, 0.2) is 42.5 Å². The first-order chi connectivity index (χ1) is 8.08. The van der Waals surface area contributed by atoms with Gasteiger partial charge in [0.05, 0.1) is 11.3 Å². The van der Waals surface area contributed by atoms with E-state index >= 15 is 0 Å². The van der Waals surface area contributed by atoms with Crippen LogP contribution in [0.2, 0.25) is 0 Å². The van der Waals surface area contributed by atoms with Crippen LogP contribution in [-0.4, -0.2) is 16.2 Å². The van der Waals surface area contributed by atoms with Crippen LogP contribution in [0.4, 0.5) is 5.69 Å². The van der Waals surface area contributed by atoms with Gasteiger partial charge in [0.2, 0.25) is 0 Å². The van der Waals surface area contributed by atoms with Gasteiger partial charge in [-0.25, -0.2) is 4.79 Å². The number of phenolic OH excluding ortho intramolecular Hbond substituents is 1. The summed E-state index contributed by atoms with van der Waals surface area (Å²) < 4.78 is 0. The molecule has 4 N–H and O–H groups in total. The summed E-state index contributed by atoms with van der Waals surface area (Å²) in [6.07, 6.45) is 0. The highest BCUT2D eigenvalue weighted by molar-refractivity contribution is 5.88. The molecule has 0 radical (unpaired) electrons. The first-order valence-corrected chi connectivity index (χ1v) is 5.00. The quantitative estimate of drug-likeness (QED) is 0.576. The number of hydrogen-bond donors (Lipinski definition) is 3. The van der Waals surface area contributed by atoms with Crippen molar-refractivity contribution in [1.82, 2.24) is 0 Å². The molecule has 0 aliphatic rings. The number of carbonyl (C=O) groups is 1. The maximum absolute atomic E-state index is 10.7. The third-order valence-electron chi connectivity index (χ3n) is 2.50. The zero-order chi connectivity index (χ0) is 12.4. The van der Waals surface area contributed by atoms with Gasteiger partial charge in [-0.15, -0.1) is 12.4 Å². The molecule has 0 atom stereocenters. The number of anilines is 1. The number of phenols is 1. The first kappa shape index (κ1) is 13.9. The number of nitrogens with two attached hydrogens (primary N) is 1. The summed E-state index contributed by atoms with van der Waals surface area (Å²) in [7, 11) is 0. The summed E-state index contributed by atoms with van der Waals surface area (Å²) in [5.74, 6) is -0.943. The molecule has 2 aromatic rings. The Kier molecular flexibility index (Phi) is 4.18. The van der Waals surface area contributed by atoms with Crippen LogP contribution >= 0.6 is 12.4 Å². The van der Waals surface area contributed by atoms with Crippen LogP contribution in [0.3, 0.4) is 0 Å². The van der Waals surface area contributed by atoms with Crippen LogP contribution in [-0.2, 0) is 0 Å². The number of aromatic hydroxyl groups is 1. The lowest BCUT2D eigenvalue weighted by molar-refractivity contribution is 0.0697. The lowest BCUT2D eigenvalue weighted by atomic mass is 10.0. The van der Waals surface area contributed by atoms with Gasteiger partial charge >= 0.3 is 5.97 Å². The van der Waals surface area contributed by atoms with Crippen LogP contribution in [0.25, 0.3) is 11.1 Å². The molecule has 18 heavy (non-hydrogen) atoms. The zero-order valence-electron chi connectivity index (χ0n) is 9.33. The number of nitrogen functional groups attached to an aromatic ring is 1. The Morgan fingerprint density at radius 2 is 1.56 bits per heavy atom. The van der Waals surface area contributed by atoms with E-state index in [0.29, 0.717) is 5.69 Å². The van der Waals surface area contributed by atoms with Crippen LogP contribution in [0.1, 0.15) is 10.4 Å². The molecule has 2 rings (SSSR count). The van der Waals surface area contributed by atoms with E-state index in [-0.39, 0.29) is 23.7 Å². The SMILES string of the molecule is Cl.Nc1ccc(-c2ccc(C(=O)O)cc2)cc1O. The first-order valence-electron chi connectivity index (χ1n) is 5.00. The van der Waals surface area contributed by atoms with E-state index in [1.807, 2.05) is 0 Å². The maximum atomic E-state index is 10.7. The molecule has 4 nitrogen and oxygen atoms in total. The second-order valence-corrected chi connectivity index (χ2v) is 3.66. The Labute approximate surface area is 110 Å². The van der Waals surface area contributed by atoms with Gasteiger partial charge in [-0.3, -0.25) is 0 Å². The van der Waals surface area contributed by atoms with Gasteiger partial charge in [-0.1, -0.05) is 18.2 Å². The highest BCUT2D eigenvalue weighted by atomic mass is 35.5. The predicted molar refractivity (Wildman–Crippen MR) is 72.2 cm³/mol. The minimum absolute atomic E-state index is 0. The Balaban J connectivity index is 0.00000162. The van der Waals surface area contributed by atoms with Crippen molar-refractivity contribution in [3.05, 3.63) is 48.0 Å². The fraction of sp³-hybridized carbons (Fsp3) is 0. The van der Waals surface area contributed by atoms with E-state index in [2.05, 4.69) is 0 Å². The molecule has 0 amide bonds. The van der Waals surface area contributed by atoms with E-state index in [4.69, 9.17) is 10.8 Å². The average Bonchev–Trinajstić information content (AvgIpc) is 2.33. The molecule has 2 aromatic carbocycles. The topological polar surface area (TPSA) is 83.6 Å². The summed E-state index contributed by atoms with van der Waals surface area (Å²) in [4.78, 5) is 10.7. The fourth-order valence-corrected chi connectivity index (χ4v) is 1.53. The molecule has 0 spiro atoms. The van der Waals surface area contributed by atoms with Crippen molar-refractivity contribution in [2.75, 3.05) is 5.73 Å². The third-order valence-corrected chi connectivity index (χ3v) is 2.50. The Hall–Kier alpha value is -2.20. The van der Waals surface area contributed by atoms with Gasteiger partial charge in [0.15, 0.2) is 0 Å². The predicted octanol–water partition coefficient (Wildman–Crippen LogP) is 2.76. The van der Waals surface area contributed by atoms with Gasteiger partial charge in [0.1, 0.15) is 5.75 Å². The molecule has 0 saturated heterocycles. The van der Waals surface area contributed by atoms with Crippen LogP contribution in [0.5, 0.6) is 5.75 Å². The van der Waals surface area contributed by atoms with Crippen molar-refractivity contribution in [3.63, 3.8) is 0 Å². The average molecular weight is 266 g/mol. The lowest BCUT2D eigenvalue weighted by Gasteiger charge is -2.04. The van der Waals surface area contributed by atoms with Crippen molar-refractivity contribution < 1.29 is 15.0 Å². The monoisotopic (exact) mass is 265 g/mol. The molecule has 0 aliphatic heterocycles. The lowest BCUT2D eigenvalue weighted by Crippen LogP contribution is -1.95. The molecule has 0 aromatic heterocycles. The summed E-state index contributed by atoms with van der Waals surface area (Å²) >= 11 is 0. The molecular weight excluding hydrogens is 254 g/mol. The number of hydrogen-bond acceptors (Lipinski definition) is 3. The summed E-state index contributed by atoms with van der Waals surface area (Å²) in [6, 6.07) is 11.3. The van der Waals surface area contributed by atoms with Crippen molar-refractivity contribution in [1.29, 1.82) is 0 Å². The number of carboxylic acids is 1. The highest BCUT2D eigenvalue weighted by Crippen LogP contribution is 2.27. The van der Waals surface area contributed by atoms with Gasteiger partial charge < -0.3 is 15.9 Å². The standard InChI is InChI=1S/C13H11NO3.ClH/c14-11-6-5-10(7-12(11)15)8-1-3-9(4-2-8)13(16)17;/h1-7,15H,14H2,(H,16,17);1H. The Morgan fingerprint density at radius 1 is 1.00 bits per heavy atom. The second-order valence-electron chi connectivity index (χ2n) is 3.66. The molecule has 0 heterocycles. The minimum Gasteiger partial charge on any atom is -0.506 e. The number of halogens is 1. The molecular formula is C13H12ClNO3. The van der Waals surface area contributed by atoms with E-state index in [0.717, 1.165) is 11.1 Å². The van der Waals surface area contributed by atoms with E-state index in [1.54, 1.807) is 30.3 Å². The second kappa shape index (κ2) is 5.42. The largest absolute Gasteiger partial charge is 0.506 e. The van der Waals surface area contributed by atoms with E-state index in [1.165, 1.54) is 12.1 Å². The fourth-order valence-electron chi connectivity index (χ4n) is 1.53. The summed E-state index contributed by atoms with van der Waals surface area (Å²) in [6.45, 7) is 0. The summed E-state index contributed by atoms with van der Waals surface area (Å²) in [5, 5.41) is 18.3. The highest BCUT2D eigenvalue weighted by Gasteiger charge is 2.04. The molecule has 5 heteroatoms. The molecule has 0 aliphatic carbocycles. The van der Waals surface area contributed by atoms with E-state index < -0.39 is 5.97 Å². The van der Waals surface area contributed by atoms with Crippen LogP contribution < -0.4 is 5.73 Å². The smallest absolute Gasteiger partial charge is 0.335 e. The summed E-state index contributed by atoms with van der Waals surface area (Å²) in [5.41, 5.74) is 7.66. The van der Waals surface area contributed by atoms with Crippen molar-refractivity contribution >= 4 is 24.1 Å². The van der Waals surface area contributed by atoms with Crippen molar-refractivity contribution in [2.45, 2.75) is 0 Å². The van der Waals surface area contributed by atoms with Gasteiger partial charge in [-0.05, 0) is 35.4 Å². The van der Waals surface area contributed by atoms with Crippen LogP contribution in [0, 0.1) is 0 Å². The van der Waals surface area contributed by atoms with E-state index in [9.17, 15) is 9.90 Å². The minimum atomic E-state index is -0.961. The number of benzene rings is 2. The Bertz CT molecular complexity index is 567. The molecule has 0 unspecified atom stereocenters. The zero-order valence-corrected chi connectivity index (χ0v) is 10.1. The molecule has 94 valence electrons. The Morgan fingerprint density at radius 3 is 2.06 bits per heavy atom. The molecule has 0 bridgehead atoms. The van der Waals surface area contributed by atoms with Crippen molar-refractivity contribution in [2.24, 2.45) is 0 Å². The molecule has 0 saturated carbocycles.